The molecule has 0 atom stereocenters. The molecule has 6 heteroatoms. The highest BCUT2D eigenvalue weighted by atomic mass is 19.4. The molecular formula is C13H11F3N2O. The predicted octanol–water partition coefficient (Wildman–Crippen LogP) is 3.07. The summed E-state index contributed by atoms with van der Waals surface area (Å²) in [7, 11) is 0. The summed E-state index contributed by atoms with van der Waals surface area (Å²) in [4.78, 5) is 11.4. The Hall–Kier alpha value is -2.11. The van der Waals surface area contributed by atoms with Gasteiger partial charge in [-0.25, -0.2) is 5.10 Å². The highest BCUT2D eigenvalue weighted by Gasteiger charge is 2.30. The summed E-state index contributed by atoms with van der Waals surface area (Å²) in [6.07, 6.45) is -4.40. The van der Waals surface area contributed by atoms with E-state index >= 15 is 0 Å². The van der Waals surface area contributed by atoms with Crippen LogP contribution in [0.1, 0.15) is 16.7 Å². The predicted molar refractivity (Wildman–Crippen MR) is 64.8 cm³/mol. The molecule has 1 aromatic heterocycles. The molecule has 2 rings (SSSR count). The Bertz CT molecular complexity index is 674. The van der Waals surface area contributed by atoms with E-state index in [4.69, 9.17) is 0 Å². The van der Waals surface area contributed by atoms with Gasteiger partial charge >= 0.3 is 6.18 Å². The molecule has 100 valence electrons. The average Bonchev–Trinajstić information content (AvgIpc) is 2.35. The van der Waals surface area contributed by atoms with Crippen molar-refractivity contribution in [3.05, 3.63) is 51.3 Å². The first-order valence-corrected chi connectivity index (χ1v) is 5.54. The molecule has 0 fully saturated rings. The second kappa shape index (κ2) is 4.53. The molecule has 19 heavy (non-hydrogen) atoms. The molecule has 0 saturated carbocycles. The summed E-state index contributed by atoms with van der Waals surface area (Å²) in [5.74, 6) is 0. The lowest BCUT2D eigenvalue weighted by Gasteiger charge is -2.10. The number of nitrogens with one attached hydrogen (secondary N) is 1. The Morgan fingerprint density at radius 3 is 2.47 bits per heavy atom. The molecule has 0 radical (unpaired) electrons. The largest absolute Gasteiger partial charge is 0.416 e. The molecule has 2 aromatic rings. The topological polar surface area (TPSA) is 45.8 Å². The number of alkyl halides is 3. The third-order valence-corrected chi connectivity index (χ3v) is 2.99. The molecule has 0 aliphatic rings. The summed E-state index contributed by atoms with van der Waals surface area (Å²) in [5.41, 5.74) is 0.614. The highest BCUT2D eigenvalue weighted by Crippen LogP contribution is 2.32. The van der Waals surface area contributed by atoms with Gasteiger partial charge in [-0.1, -0.05) is 12.1 Å². The van der Waals surface area contributed by atoms with Crippen LogP contribution in [0.15, 0.2) is 29.1 Å². The van der Waals surface area contributed by atoms with E-state index in [-0.39, 0.29) is 5.56 Å². The first kappa shape index (κ1) is 13.3. The van der Waals surface area contributed by atoms with Crippen LogP contribution in [-0.4, -0.2) is 10.2 Å². The van der Waals surface area contributed by atoms with Gasteiger partial charge in [-0.15, -0.1) is 0 Å². The van der Waals surface area contributed by atoms with Crippen LogP contribution in [0, 0.1) is 13.8 Å². The average molecular weight is 268 g/mol. The molecule has 0 unspecified atom stereocenters. The zero-order valence-electron chi connectivity index (χ0n) is 10.3. The van der Waals surface area contributed by atoms with E-state index in [1.165, 1.54) is 12.1 Å². The molecule has 0 spiro atoms. The van der Waals surface area contributed by atoms with Gasteiger partial charge in [-0.05, 0) is 31.5 Å². The van der Waals surface area contributed by atoms with Crippen LogP contribution in [0.4, 0.5) is 13.2 Å². The minimum Gasteiger partial charge on any atom is -0.268 e. The number of halogens is 3. The molecule has 0 saturated heterocycles. The quantitative estimate of drug-likeness (QED) is 0.863. The summed E-state index contributed by atoms with van der Waals surface area (Å²) < 4.78 is 37.9. The van der Waals surface area contributed by atoms with E-state index < -0.39 is 11.7 Å². The minimum atomic E-state index is -4.40. The normalized spacial score (nSPS) is 11.6. The second-order valence-corrected chi connectivity index (χ2v) is 4.23. The number of hydrogen-bond acceptors (Lipinski definition) is 2. The summed E-state index contributed by atoms with van der Waals surface area (Å²) in [6.45, 7) is 3.26. The van der Waals surface area contributed by atoms with Crippen molar-refractivity contribution in [2.45, 2.75) is 20.0 Å². The standard InChI is InChI=1S/C13H11F3N2O/c1-7-8(2)12(19)18-17-11(7)9-4-3-5-10(6-9)13(14,15)16/h3-6H,1-2H3,(H,18,19). The maximum atomic E-state index is 12.6. The van der Waals surface area contributed by atoms with Crippen LogP contribution in [0.3, 0.4) is 0 Å². The van der Waals surface area contributed by atoms with Crippen molar-refractivity contribution in [3.8, 4) is 11.3 Å². The van der Waals surface area contributed by atoms with Crippen molar-refractivity contribution < 1.29 is 13.2 Å². The Kier molecular flexibility index (Phi) is 3.18. The van der Waals surface area contributed by atoms with Gasteiger partial charge < -0.3 is 0 Å². The van der Waals surface area contributed by atoms with Gasteiger partial charge in [-0.2, -0.15) is 18.3 Å². The molecule has 0 bridgehead atoms. The number of benzene rings is 1. The van der Waals surface area contributed by atoms with Gasteiger partial charge in [0.15, 0.2) is 0 Å². The van der Waals surface area contributed by atoms with E-state index in [9.17, 15) is 18.0 Å². The molecule has 3 nitrogen and oxygen atoms in total. The van der Waals surface area contributed by atoms with E-state index in [2.05, 4.69) is 10.2 Å². The molecule has 0 amide bonds. The highest BCUT2D eigenvalue weighted by molar-refractivity contribution is 5.64. The van der Waals surface area contributed by atoms with Gasteiger partial charge in [0.05, 0.1) is 11.3 Å². The molecule has 0 aliphatic carbocycles. The van der Waals surface area contributed by atoms with Gasteiger partial charge in [-0.3, -0.25) is 4.79 Å². The number of rotatable bonds is 1. The smallest absolute Gasteiger partial charge is 0.268 e. The lowest BCUT2D eigenvalue weighted by atomic mass is 10.0. The third-order valence-electron chi connectivity index (χ3n) is 2.99. The minimum absolute atomic E-state index is 0.326. The van der Waals surface area contributed by atoms with Crippen molar-refractivity contribution >= 4 is 0 Å². The number of nitrogens with zero attached hydrogens (tertiary/aromatic N) is 1. The zero-order valence-corrected chi connectivity index (χ0v) is 10.3. The first-order valence-electron chi connectivity index (χ1n) is 5.54. The maximum absolute atomic E-state index is 12.6. The van der Waals surface area contributed by atoms with Crippen LogP contribution in [-0.2, 0) is 6.18 Å². The zero-order chi connectivity index (χ0) is 14.2. The lowest BCUT2D eigenvalue weighted by molar-refractivity contribution is -0.137. The van der Waals surface area contributed by atoms with Crippen LogP contribution < -0.4 is 5.56 Å². The van der Waals surface area contributed by atoms with E-state index in [0.717, 1.165) is 12.1 Å². The lowest BCUT2D eigenvalue weighted by Crippen LogP contribution is -2.14. The van der Waals surface area contributed by atoms with Gasteiger partial charge in [0.25, 0.3) is 5.56 Å². The molecular weight excluding hydrogens is 257 g/mol. The fourth-order valence-corrected chi connectivity index (χ4v) is 1.75. The van der Waals surface area contributed by atoms with E-state index in [1.54, 1.807) is 13.8 Å². The Morgan fingerprint density at radius 1 is 1.16 bits per heavy atom. The molecule has 1 aromatic carbocycles. The monoisotopic (exact) mass is 268 g/mol. The van der Waals surface area contributed by atoms with Crippen molar-refractivity contribution in [2.24, 2.45) is 0 Å². The molecule has 0 aliphatic heterocycles. The Morgan fingerprint density at radius 2 is 1.84 bits per heavy atom. The van der Waals surface area contributed by atoms with E-state index in [1.807, 2.05) is 0 Å². The van der Waals surface area contributed by atoms with Crippen molar-refractivity contribution in [2.75, 3.05) is 0 Å². The van der Waals surface area contributed by atoms with Gasteiger partial charge in [0, 0.05) is 11.1 Å². The summed E-state index contributed by atoms with van der Waals surface area (Å²) in [5, 5.41) is 6.11. The van der Waals surface area contributed by atoms with Gasteiger partial charge in [0.2, 0.25) is 0 Å². The SMILES string of the molecule is Cc1c(-c2cccc(C(F)(F)F)c2)n[nH]c(=O)c1C. The van der Waals surface area contributed by atoms with E-state index in [0.29, 0.717) is 22.4 Å². The van der Waals surface area contributed by atoms with Gasteiger partial charge in [0.1, 0.15) is 0 Å². The van der Waals surface area contributed by atoms with Crippen LogP contribution in [0.5, 0.6) is 0 Å². The number of H-pyrrole nitrogens is 1. The second-order valence-electron chi connectivity index (χ2n) is 4.23. The Balaban J connectivity index is 2.61. The van der Waals surface area contributed by atoms with Crippen LogP contribution in [0.2, 0.25) is 0 Å². The fourth-order valence-electron chi connectivity index (χ4n) is 1.75. The number of aromatic amines is 1. The fraction of sp³-hybridized carbons (Fsp3) is 0.231. The molecule has 1 heterocycles. The Labute approximate surface area is 107 Å². The third kappa shape index (κ3) is 2.52. The van der Waals surface area contributed by atoms with Crippen molar-refractivity contribution in [1.29, 1.82) is 0 Å². The summed E-state index contributed by atoms with van der Waals surface area (Å²) >= 11 is 0. The van der Waals surface area contributed by atoms with Crippen molar-refractivity contribution in [1.82, 2.24) is 10.2 Å². The van der Waals surface area contributed by atoms with Crippen LogP contribution >= 0.6 is 0 Å². The maximum Gasteiger partial charge on any atom is 0.416 e. The molecule has 1 N–H and O–H groups in total. The summed E-state index contributed by atoms with van der Waals surface area (Å²) in [6, 6.07) is 4.87. The number of hydrogen-bond donors (Lipinski definition) is 1. The number of aromatic nitrogens is 2. The van der Waals surface area contributed by atoms with Crippen LogP contribution in [0.25, 0.3) is 11.3 Å². The first-order chi connectivity index (χ1) is 8.80. The van der Waals surface area contributed by atoms with Crippen molar-refractivity contribution in [3.63, 3.8) is 0 Å².